The molecule has 1 aromatic heterocycles. The topological polar surface area (TPSA) is 49.8 Å². The predicted octanol–water partition coefficient (Wildman–Crippen LogP) is 3.94. The molecule has 0 N–H and O–H groups in total. The number of aromatic nitrogens is 1. The third-order valence-corrected chi connectivity index (χ3v) is 3.90. The Kier molecular flexibility index (Phi) is 4.42. The SMILES string of the molecule is COc1ccc(OC)c(-c2ccc3c(OC)ccc(OC)c3n2)c1. The van der Waals surface area contributed by atoms with E-state index in [0.29, 0.717) is 5.75 Å². The minimum absolute atomic E-state index is 0.689. The van der Waals surface area contributed by atoms with E-state index in [1.54, 1.807) is 28.4 Å². The van der Waals surface area contributed by atoms with Crippen molar-refractivity contribution in [3.05, 3.63) is 42.5 Å². The van der Waals surface area contributed by atoms with Crippen LogP contribution in [0.5, 0.6) is 23.0 Å². The lowest BCUT2D eigenvalue weighted by molar-refractivity contribution is 0.404. The minimum atomic E-state index is 0.689. The van der Waals surface area contributed by atoms with Crippen LogP contribution in [-0.2, 0) is 0 Å². The van der Waals surface area contributed by atoms with Crippen molar-refractivity contribution in [1.29, 1.82) is 0 Å². The highest BCUT2D eigenvalue weighted by Gasteiger charge is 2.13. The van der Waals surface area contributed by atoms with Gasteiger partial charge in [0.05, 0.1) is 34.1 Å². The summed E-state index contributed by atoms with van der Waals surface area (Å²) in [6, 6.07) is 13.2. The average Bonchev–Trinajstić information content (AvgIpc) is 2.66. The van der Waals surface area contributed by atoms with E-state index in [2.05, 4.69) is 0 Å². The van der Waals surface area contributed by atoms with Crippen LogP contribution < -0.4 is 18.9 Å². The largest absolute Gasteiger partial charge is 0.497 e. The summed E-state index contributed by atoms with van der Waals surface area (Å²) in [5.74, 6) is 2.91. The van der Waals surface area contributed by atoms with Crippen molar-refractivity contribution >= 4 is 10.9 Å². The maximum Gasteiger partial charge on any atom is 0.145 e. The second-order valence-corrected chi connectivity index (χ2v) is 5.13. The van der Waals surface area contributed by atoms with Crippen molar-refractivity contribution in [2.45, 2.75) is 0 Å². The zero-order valence-corrected chi connectivity index (χ0v) is 14.1. The van der Waals surface area contributed by atoms with Gasteiger partial charge < -0.3 is 18.9 Å². The Balaban J connectivity index is 2.25. The summed E-state index contributed by atoms with van der Waals surface area (Å²) in [6.07, 6.45) is 0. The summed E-state index contributed by atoms with van der Waals surface area (Å²) in [4.78, 5) is 4.77. The Morgan fingerprint density at radius 2 is 1.33 bits per heavy atom. The molecule has 0 unspecified atom stereocenters. The van der Waals surface area contributed by atoms with Crippen LogP contribution in [0.25, 0.3) is 22.2 Å². The molecule has 124 valence electrons. The van der Waals surface area contributed by atoms with Gasteiger partial charge in [-0.05, 0) is 42.5 Å². The van der Waals surface area contributed by atoms with Gasteiger partial charge in [0.2, 0.25) is 0 Å². The number of fused-ring (bicyclic) bond motifs is 1. The molecule has 0 fully saturated rings. The van der Waals surface area contributed by atoms with Gasteiger partial charge in [-0.3, -0.25) is 0 Å². The van der Waals surface area contributed by atoms with E-state index in [9.17, 15) is 0 Å². The van der Waals surface area contributed by atoms with Gasteiger partial charge in [0.1, 0.15) is 28.5 Å². The Hall–Kier alpha value is -2.95. The van der Waals surface area contributed by atoms with Crippen molar-refractivity contribution in [3.63, 3.8) is 0 Å². The van der Waals surface area contributed by atoms with Crippen molar-refractivity contribution in [2.75, 3.05) is 28.4 Å². The van der Waals surface area contributed by atoms with Crippen LogP contribution in [-0.4, -0.2) is 33.4 Å². The molecule has 2 aromatic carbocycles. The smallest absolute Gasteiger partial charge is 0.145 e. The molecule has 0 radical (unpaired) electrons. The van der Waals surface area contributed by atoms with E-state index in [1.807, 2.05) is 42.5 Å². The molecule has 24 heavy (non-hydrogen) atoms. The van der Waals surface area contributed by atoms with Gasteiger partial charge in [-0.2, -0.15) is 0 Å². The maximum atomic E-state index is 5.46. The fourth-order valence-electron chi connectivity index (χ4n) is 2.67. The first-order chi connectivity index (χ1) is 11.7. The van der Waals surface area contributed by atoms with Gasteiger partial charge in [0.25, 0.3) is 0 Å². The van der Waals surface area contributed by atoms with E-state index in [0.717, 1.165) is 39.4 Å². The lowest BCUT2D eigenvalue weighted by Gasteiger charge is -2.13. The fourth-order valence-corrected chi connectivity index (χ4v) is 2.67. The van der Waals surface area contributed by atoms with Crippen LogP contribution in [0.4, 0.5) is 0 Å². The molecule has 5 nitrogen and oxygen atoms in total. The van der Waals surface area contributed by atoms with Crippen molar-refractivity contribution in [2.24, 2.45) is 0 Å². The molecule has 0 amide bonds. The van der Waals surface area contributed by atoms with Crippen LogP contribution in [0, 0.1) is 0 Å². The molecule has 0 bridgehead atoms. The van der Waals surface area contributed by atoms with Crippen molar-refractivity contribution in [1.82, 2.24) is 4.98 Å². The fraction of sp³-hybridized carbons (Fsp3) is 0.211. The van der Waals surface area contributed by atoms with E-state index < -0.39 is 0 Å². The van der Waals surface area contributed by atoms with Gasteiger partial charge >= 0.3 is 0 Å². The molecule has 0 aliphatic rings. The predicted molar refractivity (Wildman–Crippen MR) is 93.4 cm³/mol. The second-order valence-electron chi connectivity index (χ2n) is 5.13. The van der Waals surface area contributed by atoms with Crippen molar-refractivity contribution in [3.8, 4) is 34.3 Å². The summed E-state index contributed by atoms with van der Waals surface area (Å²) in [5.41, 5.74) is 2.35. The van der Waals surface area contributed by atoms with Gasteiger partial charge in [-0.25, -0.2) is 4.98 Å². The normalized spacial score (nSPS) is 10.5. The number of ether oxygens (including phenoxy) is 4. The number of hydrogen-bond donors (Lipinski definition) is 0. The number of nitrogens with zero attached hydrogens (tertiary/aromatic N) is 1. The van der Waals surface area contributed by atoms with Gasteiger partial charge in [-0.15, -0.1) is 0 Å². The standard InChI is InChI=1S/C19H19NO4/c1-21-12-5-8-17(23-3)14(11-12)15-7-6-13-16(22-2)9-10-18(24-4)19(13)20-15/h5-11H,1-4H3. The molecule has 5 heteroatoms. The van der Waals surface area contributed by atoms with Crippen LogP contribution in [0.1, 0.15) is 0 Å². The van der Waals surface area contributed by atoms with E-state index in [4.69, 9.17) is 23.9 Å². The highest BCUT2D eigenvalue weighted by atomic mass is 16.5. The van der Waals surface area contributed by atoms with Crippen LogP contribution in [0.15, 0.2) is 42.5 Å². The summed E-state index contributed by atoms with van der Waals surface area (Å²) in [7, 11) is 6.53. The maximum absolute atomic E-state index is 5.46. The number of benzene rings is 2. The molecular weight excluding hydrogens is 306 g/mol. The number of hydrogen-bond acceptors (Lipinski definition) is 5. The first-order valence-corrected chi connectivity index (χ1v) is 7.46. The molecule has 1 heterocycles. The second kappa shape index (κ2) is 6.66. The number of pyridine rings is 1. The molecule has 0 aliphatic heterocycles. The molecule has 0 atom stereocenters. The van der Waals surface area contributed by atoms with Crippen LogP contribution in [0.3, 0.4) is 0 Å². The molecule has 0 saturated heterocycles. The highest BCUT2D eigenvalue weighted by molar-refractivity contribution is 5.92. The Bertz CT molecular complexity index is 877. The van der Waals surface area contributed by atoms with Gasteiger partial charge in [0.15, 0.2) is 0 Å². The summed E-state index contributed by atoms with van der Waals surface area (Å²) in [6.45, 7) is 0. The Labute approximate surface area is 140 Å². The summed E-state index contributed by atoms with van der Waals surface area (Å²) in [5, 5.41) is 0.891. The minimum Gasteiger partial charge on any atom is -0.497 e. The zero-order valence-electron chi connectivity index (χ0n) is 14.1. The molecule has 0 spiro atoms. The molecule has 3 aromatic rings. The zero-order chi connectivity index (χ0) is 17.1. The third kappa shape index (κ3) is 2.69. The van der Waals surface area contributed by atoms with Crippen LogP contribution >= 0.6 is 0 Å². The van der Waals surface area contributed by atoms with E-state index >= 15 is 0 Å². The first kappa shape index (κ1) is 15.9. The van der Waals surface area contributed by atoms with E-state index in [1.165, 1.54) is 0 Å². The third-order valence-electron chi connectivity index (χ3n) is 3.90. The number of rotatable bonds is 5. The molecule has 0 aliphatic carbocycles. The summed E-state index contributed by atoms with van der Waals surface area (Å²) >= 11 is 0. The number of methoxy groups -OCH3 is 4. The molecular formula is C19H19NO4. The van der Waals surface area contributed by atoms with Crippen LogP contribution in [0.2, 0.25) is 0 Å². The van der Waals surface area contributed by atoms with E-state index in [-0.39, 0.29) is 0 Å². The van der Waals surface area contributed by atoms with Gasteiger partial charge in [0, 0.05) is 10.9 Å². The highest BCUT2D eigenvalue weighted by Crippen LogP contribution is 2.37. The Morgan fingerprint density at radius 3 is 2.00 bits per heavy atom. The Morgan fingerprint density at radius 1 is 0.667 bits per heavy atom. The monoisotopic (exact) mass is 325 g/mol. The quantitative estimate of drug-likeness (QED) is 0.711. The molecule has 0 saturated carbocycles. The first-order valence-electron chi connectivity index (χ1n) is 7.46. The lowest BCUT2D eigenvalue weighted by Crippen LogP contribution is -1.95. The van der Waals surface area contributed by atoms with Gasteiger partial charge in [-0.1, -0.05) is 0 Å². The lowest BCUT2D eigenvalue weighted by atomic mass is 10.1. The summed E-state index contributed by atoms with van der Waals surface area (Å²) < 4.78 is 21.6. The molecule has 3 rings (SSSR count). The van der Waals surface area contributed by atoms with Crippen molar-refractivity contribution < 1.29 is 18.9 Å². The average molecular weight is 325 g/mol.